The number of nitrogens with zero attached hydrogens (tertiary/aromatic N) is 2. The lowest BCUT2D eigenvalue weighted by atomic mass is 9.90. The van der Waals surface area contributed by atoms with Gasteiger partial charge in [0.2, 0.25) is 0 Å². The Morgan fingerprint density at radius 1 is 1.32 bits per heavy atom. The number of rotatable bonds is 5. The molecule has 1 atom stereocenters. The summed E-state index contributed by atoms with van der Waals surface area (Å²) in [5, 5.41) is 3.63. The number of likely N-dealkylation sites (tertiary alicyclic amines) is 1. The normalized spacial score (nSPS) is 26.8. The van der Waals surface area contributed by atoms with E-state index in [1.807, 2.05) is 12.1 Å². The zero-order valence-electron chi connectivity index (χ0n) is 15.1. The summed E-state index contributed by atoms with van der Waals surface area (Å²) in [5.74, 6) is 1.99. The van der Waals surface area contributed by atoms with Crippen molar-refractivity contribution >= 4 is 5.96 Å². The Morgan fingerprint density at radius 2 is 2.16 bits per heavy atom. The van der Waals surface area contributed by atoms with Crippen molar-refractivity contribution in [1.29, 1.82) is 0 Å². The third-order valence-corrected chi connectivity index (χ3v) is 5.43. The molecule has 6 heteroatoms. The van der Waals surface area contributed by atoms with E-state index in [1.165, 1.54) is 12.8 Å². The number of nitrogens with one attached hydrogen (secondary N) is 1. The van der Waals surface area contributed by atoms with Crippen LogP contribution in [0.25, 0.3) is 0 Å². The average molecular weight is 347 g/mol. The van der Waals surface area contributed by atoms with Gasteiger partial charge in [-0.2, -0.15) is 0 Å². The molecule has 2 aliphatic heterocycles. The number of furan rings is 1. The standard InChI is InChI=1S/C19H29N3O3/c1-19(24-12-13-25-19)15-4-2-10-22(14-15)18(21-16-6-7-16)20-9-8-17-5-3-11-23-17/h3,5,11,15-16H,2,4,6-10,12-14H2,1H3,(H,20,21). The molecule has 3 fully saturated rings. The van der Waals surface area contributed by atoms with E-state index in [1.54, 1.807) is 6.26 Å². The molecule has 25 heavy (non-hydrogen) atoms. The lowest BCUT2D eigenvalue weighted by Crippen LogP contribution is -2.52. The van der Waals surface area contributed by atoms with E-state index in [-0.39, 0.29) is 0 Å². The second-order valence-electron chi connectivity index (χ2n) is 7.45. The maximum absolute atomic E-state index is 5.91. The Hall–Kier alpha value is -1.53. The highest BCUT2D eigenvalue weighted by Crippen LogP contribution is 2.34. The molecule has 138 valence electrons. The van der Waals surface area contributed by atoms with Crippen molar-refractivity contribution in [3.8, 4) is 0 Å². The van der Waals surface area contributed by atoms with Gasteiger partial charge in [-0.1, -0.05) is 0 Å². The third kappa shape index (κ3) is 4.18. The van der Waals surface area contributed by atoms with Crippen LogP contribution >= 0.6 is 0 Å². The van der Waals surface area contributed by atoms with Crippen molar-refractivity contribution in [2.24, 2.45) is 10.9 Å². The van der Waals surface area contributed by atoms with Crippen LogP contribution < -0.4 is 5.32 Å². The Balaban J connectivity index is 1.40. The van der Waals surface area contributed by atoms with Gasteiger partial charge in [0.05, 0.1) is 19.5 Å². The fraction of sp³-hybridized carbons (Fsp3) is 0.737. The van der Waals surface area contributed by atoms with Crippen molar-refractivity contribution in [2.45, 2.75) is 50.9 Å². The number of hydrogen-bond acceptors (Lipinski definition) is 4. The molecule has 0 amide bonds. The first kappa shape index (κ1) is 16.9. The Labute approximate surface area is 149 Å². The van der Waals surface area contributed by atoms with Gasteiger partial charge in [0.15, 0.2) is 11.7 Å². The summed E-state index contributed by atoms with van der Waals surface area (Å²) in [5.41, 5.74) is 0. The zero-order valence-corrected chi connectivity index (χ0v) is 15.1. The Morgan fingerprint density at radius 3 is 2.88 bits per heavy atom. The summed E-state index contributed by atoms with van der Waals surface area (Å²) >= 11 is 0. The molecule has 0 aromatic carbocycles. The number of guanidine groups is 1. The quantitative estimate of drug-likeness (QED) is 0.655. The second kappa shape index (κ2) is 7.38. The predicted octanol–water partition coefficient (Wildman–Crippen LogP) is 2.41. The number of piperidine rings is 1. The Kier molecular flexibility index (Phi) is 4.99. The van der Waals surface area contributed by atoms with Crippen LogP contribution in [0.4, 0.5) is 0 Å². The molecule has 1 N–H and O–H groups in total. The fourth-order valence-electron chi connectivity index (χ4n) is 3.74. The highest BCUT2D eigenvalue weighted by molar-refractivity contribution is 5.80. The van der Waals surface area contributed by atoms with Crippen molar-refractivity contribution in [2.75, 3.05) is 32.8 Å². The summed E-state index contributed by atoms with van der Waals surface area (Å²) in [6.07, 6.45) is 7.35. The van der Waals surface area contributed by atoms with E-state index in [0.29, 0.717) is 25.2 Å². The predicted molar refractivity (Wildman–Crippen MR) is 95.5 cm³/mol. The first-order valence-electron chi connectivity index (χ1n) is 9.59. The van der Waals surface area contributed by atoms with Crippen LogP contribution in [-0.4, -0.2) is 55.5 Å². The lowest BCUT2D eigenvalue weighted by molar-refractivity contribution is -0.189. The van der Waals surface area contributed by atoms with Crippen LogP contribution in [0.15, 0.2) is 27.8 Å². The van der Waals surface area contributed by atoms with Crippen molar-refractivity contribution in [1.82, 2.24) is 10.2 Å². The van der Waals surface area contributed by atoms with Gasteiger partial charge < -0.3 is 24.1 Å². The van der Waals surface area contributed by atoms with Crippen LogP contribution in [0.2, 0.25) is 0 Å². The SMILES string of the molecule is CC1(C2CCCN(C(=NCCc3ccco3)NC3CC3)C2)OCCO1. The van der Waals surface area contributed by atoms with Crippen LogP contribution in [0.1, 0.15) is 38.4 Å². The summed E-state index contributed by atoms with van der Waals surface area (Å²) in [6, 6.07) is 4.54. The molecule has 1 saturated carbocycles. The van der Waals surface area contributed by atoms with E-state index in [4.69, 9.17) is 18.9 Å². The molecule has 3 aliphatic rings. The summed E-state index contributed by atoms with van der Waals surface area (Å²) in [4.78, 5) is 7.27. The van der Waals surface area contributed by atoms with Gasteiger partial charge in [-0.05, 0) is 44.7 Å². The summed E-state index contributed by atoms with van der Waals surface area (Å²) in [6.45, 7) is 6.24. The van der Waals surface area contributed by atoms with Gasteiger partial charge >= 0.3 is 0 Å². The topological polar surface area (TPSA) is 59.2 Å². The van der Waals surface area contributed by atoms with Gasteiger partial charge in [-0.15, -0.1) is 0 Å². The third-order valence-electron chi connectivity index (χ3n) is 5.43. The molecule has 0 bridgehead atoms. The monoisotopic (exact) mass is 347 g/mol. The molecule has 1 aliphatic carbocycles. The van der Waals surface area contributed by atoms with Gasteiger partial charge in [-0.25, -0.2) is 0 Å². The van der Waals surface area contributed by atoms with Crippen molar-refractivity contribution < 1.29 is 13.9 Å². The smallest absolute Gasteiger partial charge is 0.194 e. The van der Waals surface area contributed by atoms with E-state index in [0.717, 1.165) is 50.6 Å². The largest absolute Gasteiger partial charge is 0.469 e. The van der Waals surface area contributed by atoms with E-state index in [2.05, 4.69) is 17.1 Å². The first-order valence-corrected chi connectivity index (χ1v) is 9.59. The lowest BCUT2D eigenvalue weighted by Gasteiger charge is -2.41. The Bertz CT molecular complexity index is 577. The highest BCUT2D eigenvalue weighted by atomic mass is 16.7. The minimum Gasteiger partial charge on any atom is -0.469 e. The average Bonchev–Trinajstić information content (AvgIpc) is 3.09. The maximum Gasteiger partial charge on any atom is 0.194 e. The molecule has 3 heterocycles. The first-order chi connectivity index (χ1) is 12.2. The summed E-state index contributed by atoms with van der Waals surface area (Å²) in [7, 11) is 0. The van der Waals surface area contributed by atoms with Gasteiger partial charge in [-0.3, -0.25) is 4.99 Å². The minimum atomic E-state index is -0.433. The molecule has 1 aromatic heterocycles. The molecule has 0 spiro atoms. The van der Waals surface area contributed by atoms with Crippen LogP contribution in [0, 0.1) is 5.92 Å². The highest BCUT2D eigenvalue weighted by Gasteiger charge is 2.42. The molecule has 0 radical (unpaired) electrons. The fourth-order valence-corrected chi connectivity index (χ4v) is 3.74. The number of aliphatic imine (C=N–C) groups is 1. The van der Waals surface area contributed by atoms with Crippen LogP contribution in [0.5, 0.6) is 0 Å². The molecule has 4 rings (SSSR count). The molecule has 1 unspecified atom stereocenters. The van der Waals surface area contributed by atoms with Gasteiger partial charge in [0.1, 0.15) is 5.76 Å². The maximum atomic E-state index is 5.91. The van der Waals surface area contributed by atoms with Crippen LogP contribution in [0.3, 0.4) is 0 Å². The van der Waals surface area contributed by atoms with E-state index >= 15 is 0 Å². The molecule has 1 aromatic rings. The van der Waals surface area contributed by atoms with Gasteiger partial charge in [0.25, 0.3) is 0 Å². The second-order valence-corrected chi connectivity index (χ2v) is 7.45. The number of ether oxygens (including phenoxy) is 2. The zero-order chi connectivity index (χ0) is 17.1. The molecule has 6 nitrogen and oxygen atoms in total. The van der Waals surface area contributed by atoms with Crippen LogP contribution in [-0.2, 0) is 15.9 Å². The minimum absolute atomic E-state index is 0.389. The van der Waals surface area contributed by atoms with Crippen molar-refractivity contribution in [3.63, 3.8) is 0 Å². The van der Waals surface area contributed by atoms with E-state index < -0.39 is 5.79 Å². The molecule has 2 saturated heterocycles. The van der Waals surface area contributed by atoms with Gasteiger partial charge in [0, 0.05) is 38.0 Å². The van der Waals surface area contributed by atoms with E-state index in [9.17, 15) is 0 Å². The summed E-state index contributed by atoms with van der Waals surface area (Å²) < 4.78 is 17.2. The molecular formula is C19H29N3O3. The van der Waals surface area contributed by atoms with Crippen molar-refractivity contribution in [3.05, 3.63) is 24.2 Å². The number of hydrogen-bond donors (Lipinski definition) is 1. The molecular weight excluding hydrogens is 318 g/mol.